The number of nitrogens with one attached hydrogen (secondary N) is 1. The van der Waals surface area contributed by atoms with Crippen LogP contribution in [0.4, 0.5) is 5.95 Å². The first-order valence-electron chi connectivity index (χ1n) is 15.5. The predicted molar refractivity (Wildman–Crippen MR) is 178 cm³/mol. The fourth-order valence-electron chi connectivity index (χ4n) is 6.46. The number of hydrogen-bond acceptors (Lipinski definition) is 8. The lowest BCUT2D eigenvalue weighted by Crippen LogP contribution is -2.47. The number of anilines is 1. The van der Waals surface area contributed by atoms with Crippen molar-refractivity contribution in [2.24, 2.45) is 5.41 Å². The quantitative estimate of drug-likeness (QED) is 0.217. The van der Waals surface area contributed by atoms with Crippen LogP contribution in [0, 0.1) is 19.3 Å². The molecule has 0 saturated heterocycles. The zero-order valence-electron chi connectivity index (χ0n) is 26.6. The van der Waals surface area contributed by atoms with Crippen molar-refractivity contribution in [2.75, 3.05) is 11.3 Å². The summed E-state index contributed by atoms with van der Waals surface area (Å²) in [7, 11) is -4.07. The lowest BCUT2D eigenvalue weighted by Gasteiger charge is -2.43. The van der Waals surface area contributed by atoms with E-state index in [1.54, 1.807) is 24.3 Å². The molecule has 2 aliphatic heterocycles. The van der Waals surface area contributed by atoms with Crippen molar-refractivity contribution in [2.45, 2.75) is 64.7 Å². The molecule has 0 spiro atoms. The van der Waals surface area contributed by atoms with Crippen molar-refractivity contribution < 1.29 is 17.9 Å². The van der Waals surface area contributed by atoms with Crippen molar-refractivity contribution in [3.05, 3.63) is 101 Å². The van der Waals surface area contributed by atoms with Crippen LogP contribution in [-0.4, -0.2) is 40.9 Å². The first-order valence-corrected chi connectivity index (χ1v) is 16.9. The van der Waals surface area contributed by atoms with E-state index in [9.17, 15) is 8.42 Å². The maximum atomic E-state index is 13.8. The van der Waals surface area contributed by atoms with Gasteiger partial charge >= 0.3 is 0 Å². The highest BCUT2D eigenvalue weighted by Gasteiger charge is 2.38. The van der Waals surface area contributed by atoms with Crippen molar-refractivity contribution in [1.82, 2.24) is 19.9 Å². The van der Waals surface area contributed by atoms with Crippen LogP contribution in [0.3, 0.4) is 0 Å². The normalized spacial score (nSPS) is 19.2. The molecule has 10 heteroatoms. The Morgan fingerprint density at radius 1 is 0.913 bits per heavy atom. The minimum absolute atomic E-state index is 0.0514. The number of aryl methyl sites for hydroxylation is 2. The van der Waals surface area contributed by atoms with Crippen LogP contribution in [0.15, 0.2) is 83.8 Å². The first kappa shape index (κ1) is 30.1. The van der Waals surface area contributed by atoms with Crippen molar-refractivity contribution in [3.63, 3.8) is 0 Å². The fraction of sp³-hybridized carbons (Fsp3) is 0.306. The Hall–Kier alpha value is -4.54. The van der Waals surface area contributed by atoms with Gasteiger partial charge in [-0.15, -0.1) is 0 Å². The second-order valence-electron chi connectivity index (χ2n) is 13.4. The first-order chi connectivity index (χ1) is 21.9. The summed E-state index contributed by atoms with van der Waals surface area (Å²) >= 11 is 0. The molecule has 0 aliphatic carbocycles. The Balaban J connectivity index is 1.40. The van der Waals surface area contributed by atoms with E-state index >= 15 is 0 Å². The zero-order valence-corrected chi connectivity index (χ0v) is 27.4. The number of hydrogen-bond donors (Lipinski definition) is 1. The van der Waals surface area contributed by atoms with Crippen molar-refractivity contribution in [3.8, 4) is 23.0 Å². The van der Waals surface area contributed by atoms with Crippen molar-refractivity contribution >= 4 is 26.9 Å². The molecule has 1 N–H and O–H groups in total. The lowest BCUT2D eigenvalue weighted by atomic mass is 9.87. The zero-order chi connectivity index (χ0) is 32.2. The van der Waals surface area contributed by atoms with Gasteiger partial charge in [0, 0.05) is 40.7 Å². The molecular formula is C36H37N5O4S. The van der Waals surface area contributed by atoms with Gasteiger partial charge in [0.25, 0.3) is 10.0 Å². The molecule has 2 atom stereocenters. The highest BCUT2D eigenvalue weighted by Crippen LogP contribution is 2.40. The van der Waals surface area contributed by atoms with Crippen LogP contribution in [0.5, 0.6) is 11.8 Å². The smallest absolute Gasteiger partial charge is 0.264 e. The molecule has 236 valence electrons. The Labute approximate surface area is 269 Å². The molecule has 2 aromatic heterocycles. The Kier molecular flexibility index (Phi) is 7.44. The van der Waals surface area contributed by atoms with E-state index in [-0.39, 0.29) is 28.2 Å². The summed E-state index contributed by atoms with van der Waals surface area (Å²) in [5.41, 5.74) is 5.98. The number of fused-ring (bicyclic) bond motifs is 8. The van der Waals surface area contributed by atoms with Gasteiger partial charge in [0.05, 0.1) is 16.1 Å². The molecule has 0 radical (unpaired) electrons. The number of nitrogens with zero attached hydrogens (tertiary/aromatic N) is 4. The molecule has 0 fully saturated rings. The summed E-state index contributed by atoms with van der Waals surface area (Å²) in [5.74, 6) is 0.782. The molecule has 7 rings (SSSR count). The van der Waals surface area contributed by atoms with E-state index < -0.39 is 16.3 Å². The van der Waals surface area contributed by atoms with E-state index in [1.165, 1.54) is 0 Å². The SMILES string of the molecule is Cc1cccc(C)c1-c1cc2nc(n1)NS(=O)(=O)c1cccc(c1)C1Oc3nc4ccccc4cc3CN1[C@H](CC(C)(C)C)CO2. The lowest BCUT2D eigenvalue weighted by molar-refractivity contribution is -0.0571. The van der Waals surface area contributed by atoms with Gasteiger partial charge < -0.3 is 9.47 Å². The summed E-state index contributed by atoms with van der Waals surface area (Å²) in [4.78, 5) is 16.4. The van der Waals surface area contributed by atoms with Gasteiger partial charge in [-0.05, 0) is 61.1 Å². The van der Waals surface area contributed by atoms with Crippen LogP contribution in [0.25, 0.3) is 22.2 Å². The number of para-hydroxylation sites is 1. The van der Waals surface area contributed by atoms with Gasteiger partial charge in [-0.25, -0.2) is 23.1 Å². The highest BCUT2D eigenvalue weighted by atomic mass is 32.2. The van der Waals surface area contributed by atoms with Crippen LogP contribution in [0.1, 0.15) is 55.7 Å². The third-order valence-electron chi connectivity index (χ3n) is 8.50. The number of benzene rings is 3. The maximum Gasteiger partial charge on any atom is 0.264 e. The standard InChI is InChI=1S/C36H37N5O4S/c1-22-10-8-11-23(2)32(22)30-18-31-39-35(38-30)40-46(42,43)28-14-9-13-25(17-28)34-41(27(21-44-31)19-36(3,4)5)20-26-16-24-12-6-7-15-29(24)37-33(26)45-34/h6-18,27,34H,19-21H2,1-5H3,(H,38,39,40)/t27-,34?/m1/s1. The van der Waals surface area contributed by atoms with E-state index in [2.05, 4.69) is 46.4 Å². The minimum Gasteiger partial charge on any atom is -0.476 e. The number of pyridine rings is 1. The van der Waals surface area contributed by atoms with E-state index in [0.29, 0.717) is 30.3 Å². The Bertz CT molecular complexity index is 2060. The summed E-state index contributed by atoms with van der Waals surface area (Å²) < 4.78 is 43.4. The molecule has 2 aliphatic rings. The van der Waals surface area contributed by atoms with Crippen LogP contribution in [0.2, 0.25) is 0 Å². The van der Waals surface area contributed by atoms with Crippen LogP contribution >= 0.6 is 0 Å². The van der Waals surface area contributed by atoms with Gasteiger partial charge in [-0.2, -0.15) is 4.98 Å². The summed E-state index contributed by atoms with van der Waals surface area (Å²) in [6, 6.07) is 24.6. The third-order valence-corrected chi connectivity index (χ3v) is 9.83. The van der Waals surface area contributed by atoms with E-state index in [4.69, 9.17) is 14.5 Å². The van der Waals surface area contributed by atoms with Gasteiger partial charge in [0.2, 0.25) is 17.7 Å². The molecule has 46 heavy (non-hydrogen) atoms. The van der Waals surface area contributed by atoms with E-state index in [1.807, 2.05) is 62.4 Å². The fourth-order valence-corrected chi connectivity index (χ4v) is 7.45. The Morgan fingerprint density at radius 2 is 1.67 bits per heavy atom. The van der Waals surface area contributed by atoms with Gasteiger partial charge in [0.15, 0.2) is 6.23 Å². The topological polar surface area (TPSA) is 107 Å². The van der Waals surface area contributed by atoms with Crippen LogP contribution in [-0.2, 0) is 16.6 Å². The van der Waals surface area contributed by atoms with Crippen LogP contribution < -0.4 is 14.2 Å². The molecule has 0 amide bonds. The molecular weight excluding hydrogens is 598 g/mol. The number of aromatic nitrogens is 3. The molecule has 5 aromatic rings. The average Bonchev–Trinajstić information content (AvgIpc) is 3.00. The van der Waals surface area contributed by atoms with E-state index in [0.717, 1.165) is 39.6 Å². The summed E-state index contributed by atoms with van der Waals surface area (Å²) in [5, 5.41) is 1.03. The molecule has 4 bridgehead atoms. The number of sulfonamides is 1. The third kappa shape index (κ3) is 5.90. The van der Waals surface area contributed by atoms with Gasteiger partial charge in [-0.1, -0.05) is 69.3 Å². The minimum atomic E-state index is -4.07. The second-order valence-corrected chi connectivity index (χ2v) is 15.1. The number of rotatable bonds is 2. The average molecular weight is 636 g/mol. The highest BCUT2D eigenvalue weighted by molar-refractivity contribution is 7.92. The molecule has 0 saturated carbocycles. The molecule has 3 aromatic carbocycles. The maximum absolute atomic E-state index is 13.8. The van der Waals surface area contributed by atoms with Gasteiger partial charge in [-0.3, -0.25) is 4.90 Å². The van der Waals surface area contributed by atoms with Gasteiger partial charge in [0.1, 0.15) is 6.61 Å². The summed E-state index contributed by atoms with van der Waals surface area (Å²) in [6.45, 7) is 11.5. The predicted octanol–water partition coefficient (Wildman–Crippen LogP) is 7.20. The number of ether oxygens (including phenoxy) is 2. The molecule has 1 unspecified atom stereocenters. The Morgan fingerprint density at radius 3 is 2.46 bits per heavy atom. The molecule has 9 nitrogen and oxygen atoms in total. The monoisotopic (exact) mass is 635 g/mol. The van der Waals surface area contributed by atoms with Crippen molar-refractivity contribution in [1.29, 1.82) is 0 Å². The largest absolute Gasteiger partial charge is 0.476 e. The second kappa shape index (κ2) is 11.4. The molecule has 4 heterocycles. The summed E-state index contributed by atoms with van der Waals surface area (Å²) in [6.07, 6.45) is 0.175.